The second-order valence-electron chi connectivity index (χ2n) is 5.02. The number of aliphatic hydroxyl groups excluding tert-OH is 1. The number of nitrogens with one attached hydrogen (secondary N) is 2. The minimum Gasteiger partial charge on any atom is -0.394 e. The van der Waals surface area contributed by atoms with Gasteiger partial charge in [0.25, 0.3) is 5.91 Å². The molecule has 0 aliphatic carbocycles. The van der Waals surface area contributed by atoms with Crippen molar-refractivity contribution in [3.63, 3.8) is 0 Å². The number of aromatic amines is 1. The minimum absolute atomic E-state index is 0.0148. The Balaban J connectivity index is 1.88. The smallest absolute Gasteiger partial charge is 0.254 e. The number of H-pyrrole nitrogens is 1. The molecule has 3 N–H and O–H groups in total. The molecule has 0 radical (unpaired) electrons. The third kappa shape index (κ3) is 3.04. The SMILES string of the molecule is O=C(NC(CO)c1ccc(Cl)c(F)c1)c1cccc2cn[nH]c12. The number of amides is 1. The number of nitrogens with zero attached hydrogens (tertiary/aromatic N) is 1. The van der Waals surface area contributed by atoms with Crippen molar-refractivity contribution in [2.45, 2.75) is 6.04 Å². The highest BCUT2D eigenvalue weighted by Crippen LogP contribution is 2.21. The maximum atomic E-state index is 13.6. The van der Waals surface area contributed by atoms with Gasteiger partial charge >= 0.3 is 0 Å². The molecule has 2 aromatic carbocycles. The molecular weight excluding hydrogens is 321 g/mol. The zero-order valence-corrected chi connectivity index (χ0v) is 12.6. The van der Waals surface area contributed by atoms with Crippen LogP contribution in [-0.2, 0) is 0 Å². The topological polar surface area (TPSA) is 78.0 Å². The van der Waals surface area contributed by atoms with Crippen LogP contribution >= 0.6 is 11.6 Å². The van der Waals surface area contributed by atoms with Gasteiger partial charge in [-0.25, -0.2) is 4.39 Å². The molecule has 0 aliphatic heterocycles. The normalized spacial score (nSPS) is 12.3. The number of hydrogen-bond acceptors (Lipinski definition) is 3. The van der Waals surface area contributed by atoms with Gasteiger partial charge in [0.05, 0.1) is 34.9 Å². The fourth-order valence-electron chi connectivity index (χ4n) is 2.36. The lowest BCUT2D eigenvalue weighted by Gasteiger charge is -2.17. The second kappa shape index (κ2) is 6.36. The van der Waals surface area contributed by atoms with Crippen LogP contribution in [0.3, 0.4) is 0 Å². The van der Waals surface area contributed by atoms with E-state index in [2.05, 4.69) is 15.5 Å². The van der Waals surface area contributed by atoms with Crippen LogP contribution in [-0.4, -0.2) is 27.8 Å². The highest BCUT2D eigenvalue weighted by Gasteiger charge is 2.18. The Kier molecular flexibility index (Phi) is 4.27. The number of fused-ring (bicyclic) bond motifs is 1. The van der Waals surface area contributed by atoms with Crippen LogP contribution in [0.4, 0.5) is 4.39 Å². The summed E-state index contributed by atoms with van der Waals surface area (Å²) >= 11 is 5.65. The van der Waals surface area contributed by atoms with Crippen molar-refractivity contribution in [3.05, 3.63) is 64.6 Å². The molecule has 1 amide bonds. The quantitative estimate of drug-likeness (QED) is 0.687. The van der Waals surface area contributed by atoms with Crippen LogP contribution in [0, 0.1) is 5.82 Å². The molecule has 1 unspecified atom stereocenters. The van der Waals surface area contributed by atoms with Gasteiger partial charge in [-0.1, -0.05) is 29.8 Å². The Labute approximate surface area is 136 Å². The summed E-state index contributed by atoms with van der Waals surface area (Å²) in [6.45, 7) is -0.369. The standard InChI is InChI=1S/C16H13ClFN3O2/c17-12-5-4-9(6-13(12)18)14(8-22)20-16(23)11-3-1-2-10-7-19-21-15(10)11/h1-7,14,22H,8H2,(H,19,21)(H,20,23). The number of aromatic nitrogens is 2. The van der Waals surface area contributed by atoms with Gasteiger partial charge in [-0.3, -0.25) is 9.89 Å². The molecule has 0 saturated heterocycles. The number of hydrogen-bond donors (Lipinski definition) is 3. The Morgan fingerprint density at radius 3 is 2.96 bits per heavy atom. The fraction of sp³-hybridized carbons (Fsp3) is 0.125. The average Bonchev–Trinajstić information content (AvgIpc) is 3.03. The molecule has 7 heteroatoms. The number of carbonyl (C=O) groups is 1. The van der Waals surface area contributed by atoms with Crippen molar-refractivity contribution in [1.82, 2.24) is 15.5 Å². The number of para-hydroxylation sites is 1. The van der Waals surface area contributed by atoms with E-state index in [1.54, 1.807) is 24.4 Å². The lowest BCUT2D eigenvalue weighted by Crippen LogP contribution is -2.31. The first kappa shape index (κ1) is 15.5. The zero-order valence-electron chi connectivity index (χ0n) is 11.9. The highest BCUT2D eigenvalue weighted by atomic mass is 35.5. The van der Waals surface area contributed by atoms with E-state index in [1.807, 2.05) is 6.07 Å². The van der Waals surface area contributed by atoms with Crippen LogP contribution in [0.15, 0.2) is 42.6 Å². The van der Waals surface area contributed by atoms with Crippen molar-refractivity contribution in [2.24, 2.45) is 0 Å². The van der Waals surface area contributed by atoms with Crippen LogP contribution in [0.5, 0.6) is 0 Å². The highest BCUT2D eigenvalue weighted by molar-refractivity contribution is 6.30. The Hall–Kier alpha value is -2.44. The second-order valence-corrected chi connectivity index (χ2v) is 5.43. The molecule has 5 nitrogen and oxygen atoms in total. The summed E-state index contributed by atoms with van der Waals surface area (Å²) < 4.78 is 13.6. The minimum atomic E-state index is -0.743. The van der Waals surface area contributed by atoms with Crippen LogP contribution < -0.4 is 5.32 Å². The molecule has 0 bridgehead atoms. The van der Waals surface area contributed by atoms with Crippen molar-refractivity contribution in [2.75, 3.05) is 6.61 Å². The lowest BCUT2D eigenvalue weighted by molar-refractivity contribution is 0.0917. The van der Waals surface area contributed by atoms with E-state index in [9.17, 15) is 14.3 Å². The number of aliphatic hydroxyl groups is 1. The lowest BCUT2D eigenvalue weighted by atomic mass is 10.1. The molecule has 23 heavy (non-hydrogen) atoms. The van der Waals surface area contributed by atoms with E-state index in [4.69, 9.17) is 11.6 Å². The van der Waals surface area contributed by atoms with Crippen LogP contribution in [0.1, 0.15) is 22.0 Å². The van der Waals surface area contributed by atoms with Crippen LogP contribution in [0.2, 0.25) is 5.02 Å². The van der Waals surface area contributed by atoms with Gasteiger partial charge in [0, 0.05) is 5.39 Å². The van der Waals surface area contributed by atoms with Crippen molar-refractivity contribution in [3.8, 4) is 0 Å². The van der Waals surface area contributed by atoms with Gasteiger partial charge in [-0.2, -0.15) is 5.10 Å². The summed E-state index contributed by atoms with van der Waals surface area (Å²) in [7, 11) is 0. The molecule has 0 spiro atoms. The molecule has 1 atom stereocenters. The predicted octanol–water partition coefficient (Wildman–Crippen LogP) is 2.82. The summed E-state index contributed by atoms with van der Waals surface area (Å²) in [5.41, 5.74) is 1.43. The monoisotopic (exact) mass is 333 g/mol. The van der Waals surface area contributed by atoms with Crippen molar-refractivity contribution < 1.29 is 14.3 Å². The summed E-state index contributed by atoms with van der Waals surface area (Å²) in [5, 5.41) is 19.7. The van der Waals surface area contributed by atoms with Gasteiger partial charge in [0.2, 0.25) is 0 Å². The van der Waals surface area contributed by atoms with E-state index in [-0.39, 0.29) is 11.6 Å². The number of carbonyl (C=O) groups excluding carboxylic acids is 1. The Bertz CT molecular complexity index is 865. The zero-order chi connectivity index (χ0) is 16.4. The number of benzene rings is 2. The Morgan fingerprint density at radius 2 is 2.22 bits per heavy atom. The van der Waals surface area contributed by atoms with Gasteiger partial charge in [0.1, 0.15) is 5.82 Å². The summed E-state index contributed by atoms with van der Waals surface area (Å²) in [6.07, 6.45) is 1.62. The van der Waals surface area contributed by atoms with Crippen LogP contribution in [0.25, 0.3) is 10.9 Å². The summed E-state index contributed by atoms with van der Waals surface area (Å²) in [6, 6.07) is 8.61. The summed E-state index contributed by atoms with van der Waals surface area (Å²) in [5.74, 6) is -0.998. The van der Waals surface area contributed by atoms with Gasteiger partial charge in [-0.05, 0) is 23.8 Å². The molecular formula is C16H13ClFN3O2. The maximum Gasteiger partial charge on any atom is 0.254 e. The third-order valence-electron chi connectivity index (χ3n) is 3.56. The van der Waals surface area contributed by atoms with Crippen molar-refractivity contribution >= 4 is 28.4 Å². The molecule has 0 fully saturated rings. The molecule has 3 aromatic rings. The first-order chi connectivity index (χ1) is 11.1. The van der Waals surface area contributed by atoms with E-state index < -0.39 is 17.8 Å². The van der Waals surface area contributed by atoms with Gasteiger partial charge < -0.3 is 10.4 Å². The molecule has 118 valence electrons. The van der Waals surface area contributed by atoms with E-state index in [0.717, 1.165) is 5.39 Å². The van der Waals surface area contributed by atoms with Crippen molar-refractivity contribution in [1.29, 1.82) is 0 Å². The third-order valence-corrected chi connectivity index (χ3v) is 3.86. The Morgan fingerprint density at radius 1 is 1.39 bits per heavy atom. The number of rotatable bonds is 4. The van der Waals surface area contributed by atoms with Gasteiger partial charge in [0.15, 0.2) is 0 Å². The first-order valence-electron chi connectivity index (χ1n) is 6.89. The maximum absolute atomic E-state index is 13.6. The number of halogens is 2. The average molecular weight is 334 g/mol. The first-order valence-corrected chi connectivity index (χ1v) is 7.26. The van der Waals surface area contributed by atoms with E-state index in [0.29, 0.717) is 16.6 Å². The predicted molar refractivity (Wildman–Crippen MR) is 84.8 cm³/mol. The molecule has 1 heterocycles. The molecule has 0 aliphatic rings. The summed E-state index contributed by atoms with van der Waals surface area (Å²) in [4.78, 5) is 12.5. The largest absolute Gasteiger partial charge is 0.394 e. The molecule has 1 aromatic heterocycles. The fourth-order valence-corrected chi connectivity index (χ4v) is 2.48. The van der Waals surface area contributed by atoms with E-state index >= 15 is 0 Å². The molecule has 0 saturated carbocycles. The van der Waals surface area contributed by atoms with E-state index in [1.165, 1.54) is 12.1 Å². The van der Waals surface area contributed by atoms with Gasteiger partial charge in [-0.15, -0.1) is 0 Å². The molecule has 3 rings (SSSR count).